The van der Waals surface area contributed by atoms with Gasteiger partial charge >= 0.3 is 5.97 Å². The van der Waals surface area contributed by atoms with E-state index in [0.29, 0.717) is 25.8 Å². The molecular weight excluding hydrogens is 354 g/mol. The summed E-state index contributed by atoms with van der Waals surface area (Å²) in [6.07, 6.45) is 10.4. The van der Waals surface area contributed by atoms with Crippen LogP contribution in [0.2, 0.25) is 0 Å². The number of nitrogens with zero attached hydrogens (tertiary/aromatic N) is 1. The van der Waals surface area contributed by atoms with E-state index >= 15 is 0 Å². The standard InChI is InChI=1S/C23H33NO4/c1-3-5-15-23(28,4-2)16-6-7-20-12-13-21(25)24(20)17-14-18-8-10-19(11-9-18)22(26)27/h6-11,20,28H,3-5,12-17H2,1-2H3,(H,26,27)/b7-6-. The Kier molecular flexibility index (Phi) is 8.24. The predicted octanol–water partition coefficient (Wildman–Crippen LogP) is 4.20. The second kappa shape index (κ2) is 10.4. The van der Waals surface area contributed by atoms with Gasteiger partial charge in [-0.2, -0.15) is 0 Å². The third kappa shape index (κ3) is 6.20. The molecule has 0 saturated carbocycles. The Morgan fingerprint density at radius 1 is 1.29 bits per heavy atom. The fourth-order valence-corrected chi connectivity index (χ4v) is 3.68. The van der Waals surface area contributed by atoms with E-state index in [4.69, 9.17) is 5.11 Å². The van der Waals surface area contributed by atoms with Crippen molar-refractivity contribution in [1.82, 2.24) is 4.90 Å². The predicted molar refractivity (Wildman–Crippen MR) is 110 cm³/mol. The average Bonchev–Trinajstić information content (AvgIpc) is 3.04. The lowest BCUT2D eigenvalue weighted by Gasteiger charge is -2.26. The smallest absolute Gasteiger partial charge is 0.335 e. The number of carboxylic acid groups (broad SMARTS) is 1. The molecule has 5 nitrogen and oxygen atoms in total. The minimum absolute atomic E-state index is 0.0816. The van der Waals surface area contributed by atoms with E-state index < -0.39 is 11.6 Å². The number of benzene rings is 1. The quantitative estimate of drug-likeness (QED) is 0.558. The monoisotopic (exact) mass is 387 g/mol. The number of aromatic carboxylic acids is 1. The second-order valence-corrected chi connectivity index (χ2v) is 7.76. The largest absolute Gasteiger partial charge is 0.478 e. The van der Waals surface area contributed by atoms with E-state index in [0.717, 1.165) is 37.7 Å². The molecular formula is C23H33NO4. The molecule has 2 unspecified atom stereocenters. The van der Waals surface area contributed by atoms with E-state index in [2.05, 4.69) is 13.0 Å². The van der Waals surface area contributed by atoms with Gasteiger partial charge in [0, 0.05) is 13.0 Å². The Labute approximate surface area is 168 Å². The highest BCUT2D eigenvalue weighted by Crippen LogP contribution is 2.25. The number of rotatable bonds is 11. The Balaban J connectivity index is 1.92. The van der Waals surface area contributed by atoms with Crippen molar-refractivity contribution in [2.75, 3.05) is 6.54 Å². The van der Waals surface area contributed by atoms with Crippen LogP contribution >= 0.6 is 0 Å². The Morgan fingerprint density at radius 2 is 2.00 bits per heavy atom. The number of carbonyl (C=O) groups excluding carboxylic acids is 1. The van der Waals surface area contributed by atoms with Crippen molar-refractivity contribution in [2.24, 2.45) is 0 Å². The van der Waals surface area contributed by atoms with Crippen LogP contribution in [0.5, 0.6) is 0 Å². The normalized spacial score (nSPS) is 19.3. The maximum absolute atomic E-state index is 12.3. The topological polar surface area (TPSA) is 77.8 Å². The maximum atomic E-state index is 12.3. The van der Waals surface area contributed by atoms with Gasteiger partial charge in [-0.3, -0.25) is 4.79 Å². The summed E-state index contributed by atoms with van der Waals surface area (Å²) in [5.41, 5.74) is 0.645. The molecule has 0 aliphatic carbocycles. The highest BCUT2D eigenvalue weighted by molar-refractivity contribution is 5.87. The molecule has 1 saturated heterocycles. The molecule has 154 valence electrons. The molecule has 0 bridgehead atoms. The van der Waals surface area contributed by atoms with Gasteiger partial charge in [0.05, 0.1) is 17.2 Å². The molecule has 2 atom stereocenters. The zero-order valence-corrected chi connectivity index (χ0v) is 17.1. The highest BCUT2D eigenvalue weighted by Gasteiger charge is 2.29. The van der Waals surface area contributed by atoms with Gasteiger partial charge in [0.25, 0.3) is 0 Å². The summed E-state index contributed by atoms with van der Waals surface area (Å²) in [6.45, 7) is 4.77. The van der Waals surface area contributed by atoms with Gasteiger partial charge in [-0.25, -0.2) is 4.79 Å². The van der Waals surface area contributed by atoms with Gasteiger partial charge in [-0.15, -0.1) is 0 Å². The Bertz CT molecular complexity index is 682. The first kappa shape index (κ1) is 22.2. The first-order chi connectivity index (χ1) is 13.4. The van der Waals surface area contributed by atoms with Crippen LogP contribution in [0.1, 0.15) is 74.7 Å². The molecule has 28 heavy (non-hydrogen) atoms. The summed E-state index contributed by atoms with van der Waals surface area (Å²) in [5, 5.41) is 19.7. The minimum Gasteiger partial charge on any atom is -0.478 e. The zero-order valence-electron chi connectivity index (χ0n) is 17.1. The summed E-state index contributed by atoms with van der Waals surface area (Å²) in [5.74, 6) is -0.772. The lowest BCUT2D eigenvalue weighted by atomic mass is 9.90. The van der Waals surface area contributed by atoms with E-state index in [1.807, 2.05) is 30.0 Å². The molecule has 2 N–H and O–H groups in total. The Hall–Kier alpha value is -2.14. The molecule has 1 aromatic rings. The lowest BCUT2D eigenvalue weighted by Crippen LogP contribution is -2.34. The Morgan fingerprint density at radius 3 is 2.61 bits per heavy atom. The van der Waals surface area contributed by atoms with Gasteiger partial charge < -0.3 is 15.1 Å². The van der Waals surface area contributed by atoms with Crippen LogP contribution in [0.25, 0.3) is 0 Å². The summed E-state index contributed by atoms with van der Waals surface area (Å²) < 4.78 is 0. The number of hydrogen-bond acceptors (Lipinski definition) is 3. The van der Waals surface area contributed by atoms with Crippen LogP contribution in [0, 0.1) is 0 Å². The van der Waals surface area contributed by atoms with Crippen molar-refractivity contribution >= 4 is 11.9 Å². The zero-order chi connectivity index (χ0) is 20.6. The van der Waals surface area contributed by atoms with E-state index in [9.17, 15) is 14.7 Å². The molecule has 1 aliphatic heterocycles. The van der Waals surface area contributed by atoms with Crippen LogP contribution < -0.4 is 0 Å². The van der Waals surface area contributed by atoms with Crippen LogP contribution in [-0.2, 0) is 11.2 Å². The molecule has 2 rings (SSSR count). The third-order valence-electron chi connectivity index (χ3n) is 5.73. The first-order valence-electron chi connectivity index (χ1n) is 10.4. The van der Waals surface area contributed by atoms with Crippen molar-refractivity contribution in [3.8, 4) is 0 Å². The van der Waals surface area contributed by atoms with Gasteiger partial charge in [-0.1, -0.05) is 51.0 Å². The summed E-state index contributed by atoms with van der Waals surface area (Å²) >= 11 is 0. The molecule has 1 amide bonds. The number of carboxylic acids is 1. The molecule has 5 heteroatoms. The van der Waals surface area contributed by atoms with Gasteiger partial charge in [-0.05, 0) is 49.8 Å². The second-order valence-electron chi connectivity index (χ2n) is 7.76. The number of likely N-dealkylation sites (tertiary alicyclic amines) is 1. The van der Waals surface area contributed by atoms with Crippen LogP contribution in [-0.4, -0.2) is 45.2 Å². The van der Waals surface area contributed by atoms with Crippen LogP contribution in [0.15, 0.2) is 36.4 Å². The molecule has 0 radical (unpaired) electrons. The molecule has 1 heterocycles. The number of unbranched alkanes of at least 4 members (excludes halogenated alkanes) is 1. The van der Waals surface area contributed by atoms with E-state index in [1.165, 1.54) is 0 Å². The number of amides is 1. The van der Waals surface area contributed by atoms with Gasteiger partial charge in [0.15, 0.2) is 0 Å². The molecule has 1 fully saturated rings. The molecule has 1 aliphatic rings. The average molecular weight is 388 g/mol. The van der Waals surface area contributed by atoms with Crippen molar-refractivity contribution in [3.63, 3.8) is 0 Å². The van der Waals surface area contributed by atoms with Crippen LogP contribution in [0.4, 0.5) is 0 Å². The van der Waals surface area contributed by atoms with Gasteiger partial charge in [0.2, 0.25) is 5.91 Å². The molecule has 1 aromatic carbocycles. The van der Waals surface area contributed by atoms with Crippen molar-refractivity contribution in [1.29, 1.82) is 0 Å². The fourth-order valence-electron chi connectivity index (χ4n) is 3.68. The highest BCUT2D eigenvalue weighted by atomic mass is 16.4. The molecule has 0 spiro atoms. The minimum atomic E-state index is -0.933. The first-order valence-corrected chi connectivity index (χ1v) is 10.4. The maximum Gasteiger partial charge on any atom is 0.335 e. The van der Waals surface area contributed by atoms with E-state index in [1.54, 1.807) is 12.1 Å². The lowest BCUT2D eigenvalue weighted by molar-refractivity contribution is -0.128. The van der Waals surface area contributed by atoms with Crippen molar-refractivity contribution in [3.05, 3.63) is 47.5 Å². The van der Waals surface area contributed by atoms with Gasteiger partial charge in [0.1, 0.15) is 0 Å². The van der Waals surface area contributed by atoms with E-state index in [-0.39, 0.29) is 17.5 Å². The summed E-state index contributed by atoms with van der Waals surface area (Å²) in [6, 6.07) is 6.90. The number of hydrogen-bond donors (Lipinski definition) is 2. The van der Waals surface area contributed by atoms with Crippen molar-refractivity contribution in [2.45, 2.75) is 76.9 Å². The fraction of sp³-hybridized carbons (Fsp3) is 0.565. The SMILES string of the molecule is CCCCC(O)(CC)C/C=C\C1CCC(=O)N1CCc1ccc(C(=O)O)cc1. The number of carbonyl (C=O) groups is 2. The summed E-state index contributed by atoms with van der Waals surface area (Å²) in [4.78, 5) is 25.1. The molecule has 0 aromatic heterocycles. The van der Waals surface area contributed by atoms with Crippen LogP contribution in [0.3, 0.4) is 0 Å². The third-order valence-corrected chi connectivity index (χ3v) is 5.73. The summed E-state index contributed by atoms with van der Waals surface area (Å²) in [7, 11) is 0. The van der Waals surface area contributed by atoms with Crippen molar-refractivity contribution < 1.29 is 19.8 Å². The number of aliphatic hydroxyl groups is 1.